The van der Waals surface area contributed by atoms with E-state index in [1.165, 1.54) is 18.4 Å². The van der Waals surface area contributed by atoms with Gasteiger partial charge in [0.05, 0.1) is 12.8 Å². The summed E-state index contributed by atoms with van der Waals surface area (Å²) in [7, 11) is 1.72. The molecule has 94 valence electrons. The number of anilines is 1. The molecule has 0 heterocycles. The lowest BCUT2D eigenvalue weighted by atomic mass is 10.00. The summed E-state index contributed by atoms with van der Waals surface area (Å²) >= 11 is 3.50. The third-order valence-corrected chi connectivity index (χ3v) is 4.39. The van der Waals surface area contributed by atoms with E-state index < -0.39 is 0 Å². The molecule has 3 heteroatoms. The zero-order chi connectivity index (χ0) is 12.6. The Bertz CT molecular complexity index is 426. The van der Waals surface area contributed by atoms with Crippen molar-refractivity contribution in [2.24, 2.45) is 5.41 Å². The number of halogens is 1. The molecule has 0 spiro atoms. The molecule has 1 aromatic rings. The summed E-state index contributed by atoms with van der Waals surface area (Å²) in [6, 6.07) is 4.61. The maximum atomic E-state index is 5.45. The quantitative estimate of drug-likeness (QED) is 0.891. The van der Waals surface area contributed by atoms with E-state index in [9.17, 15) is 0 Å². The first kappa shape index (κ1) is 12.7. The molecule has 1 aliphatic rings. The topological polar surface area (TPSA) is 21.3 Å². The van der Waals surface area contributed by atoms with Gasteiger partial charge < -0.3 is 10.1 Å². The van der Waals surface area contributed by atoms with E-state index >= 15 is 0 Å². The molecule has 1 aliphatic carbocycles. The molecule has 2 rings (SSSR count). The Balaban J connectivity index is 2.25. The van der Waals surface area contributed by atoms with Gasteiger partial charge in [0.15, 0.2) is 0 Å². The van der Waals surface area contributed by atoms with E-state index in [1.807, 2.05) is 6.07 Å². The van der Waals surface area contributed by atoms with Crippen LogP contribution in [-0.2, 0) is 0 Å². The van der Waals surface area contributed by atoms with Crippen LogP contribution in [0.5, 0.6) is 5.75 Å². The fraction of sp³-hybridized carbons (Fsp3) is 0.571. The van der Waals surface area contributed by atoms with E-state index in [-0.39, 0.29) is 0 Å². The monoisotopic (exact) mass is 297 g/mol. The van der Waals surface area contributed by atoms with Crippen molar-refractivity contribution in [3.05, 3.63) is 22.2 Å². The van der Waals surface area contributed by atoms with Crippen molar-refractivity contribution in [2.75, 3.05) is 12.4 Å². The minimum Gasteiger partial charge on any atom is -0.495 e. The fourth-order valence-corrected chi connectivity index (χ4v) is 2.63. The molecule has 1 atom stereocenters. The summed E-state index contributed by atoms with van der Waals surface area (Å²) in [5.41, 5.74) is 2.80. The van der Waals surface area contributed by atoms with Crippen molar-refractivity contribution in [1.29, 1.82) is 0 Å². The van der Waals surface area contributed by atoms with Crippen molar-refractivity contribution in [2.45, 2.75) is 39.7 Å². The van der Waals surface area contributed by atoms with Gasteiger partial charge in [-0.1, -0.05) is 22.9 Å². The maximum absolute atomic E-state index is 5.45. The van der Waals surface area contributed by atoms with Gasteiger partial charge in [-0.05, 0) is 49.8 Å². The number of ether oxygens (including phenoxy) is 1. The van der Waals surface area contributed by atoms with Crippen LogP contribution in [0.2, 0.25) is 0 Å². The first-order valence-corrected chi connectivity index (χ1v) is 6.86. The van der Waals surface area contributed by atoms with E-state index in [0.717, 1.165) is 15.9 Å². The summed E-state index contributed by atoms with van der Waals surface area (Å²) in [5.74, 6) is 0.910. The number of nitrogens with one attached hydrogen (secondary N) is 1. The number of rotatable bonds is 4. The van der Waals surface area contributed by atoms with E-state index in [0.29, 0.717) is 11.5 Å². The summed E-state index contributed by atoms with van der Waals surface area (Å²) in [5, 5.41) is 3.61. The van der Waals surface area contributed by atoms with Crippen molar-refractivity contribution >= 4 is 21.6 Å². The molecule has 1 saturated carbocycles. The zero-order valence-electron chi connectivity index (χ0n) is 10.9. The van der Waals surface area contributed by atoms with E-state index in [2.05, 4.69) is 48.1 Å². The second-order valence-corrected chi connectivity index (χ2v) is 6.24. The van der Waals surface area contributed by atoms with Crippen molar-refractivity contribution < 1.29 is 4.74 Å². The van der Waals surface area contributed by atoms with Gasteiger partial charge in [-0.2, -0.15) is 0 Å². The highest BCUT2D eigenvalue weighted by atomic mass is 79.9. The van der Waals surface area contributed by atoms with Crippen LogP contribution >= 0.6 is 15.9 Å². The minimum absolute atomic E-state index is 0.463. The van der Waals surface area contributed by atoms with Crippen molar-refractivity contribution in [3.63, 3.8) is 0 Å². The smallest absolute Gasteiger partial charge is 0.143 e. The molecule has 1 aromatic carbocycles. The van der Waals surface area contributed by atoms with Gasteiger partial charge in [0.1, 0.15) is 5.75 Å². The molecule has 1 fully saturated rings. The van der Waals surface area contributed by atoms with Crippen molar-refractivity contribution in [3.8, 4) is 5.75 Å². The van der Waals surface area contributed by atoms with Crippen LogP contribution < -0.4 is 10.1 Å². The highest BCUT2D eigenvalue weighted by molar-refractivity contribution is 9.10. The molecular weight excluding hydrogens is 278 g/mol. The largest absolute Gasteiger partial charge is 0.495 e. The number of benzene rings is 1. The molecule has 0 aliphatic heterocycles. The van der Waals surface area contributed by atoms with Gasteiger partial charge in [-0.25, -0.2) is 0 Å². The number of hydrogen-bond donors (Lipinski definition) is 1. The normalized spacial score (nSPS) is 18.6. The van der Waals surface area contributed by atoms with E-state index in [4.69, 9.17) is 4.74 Å². The third-order valence-electron chi connectivity index (χ3n) is 3.93. The molecule has 2 nitrogen and oxygen atoms in total. The van der Waals surface area contributed by atoms with Gasteiger partial charge >= 0.3 is 0 Å². The second-order valence-electron chi connectivity index (χ2n) is 5.32. The standard InChI is InChI=1S/C14H20BrNO/c1-9-7-11(15)8-12(17-4)13(9)16-10(2)14(3)5-6-14/h7-8,10,16H,5-6H2,1-4H3. The predicted octanol–water partition coefficient (Wildman–Crippen LogP) is 4.37. The number of methoxy groups -OCH3 is 1. The second kappa shape index (κ2) is 4.52. The first-order valence-electron chi connectivity index (χ1n) is 6.07. The highest BCUT2D eigenvalue weighted by Gasteiger charge is 2.42. The number of hydrogen-bond acceptors (Lipinski definition) is 2. The maximum Gasteiger partial charge on any atom is 0.143 e. The Morgan fingerprint density at radius 3 is 2.59 bits per heavy atom. The fourth-order valence-electron chi connectivity index (χ4n) is 2.08. The molecular formula is C14H20BrNO. The summed E-state index contributed by atoms with van der Waals surface area (Å²) in [4.78, 5) is 0. The zero-order valence-corrected chi connectivity index (χ0v) is 12.5. The summed E-state index contributed by atoms with van der Waals surface area (Å²) < 4.78 is 6.51. The van der Waals surface area contributed by atoms with Crippen LogP contribution in [0.3, 0.4) is 0 Å². The van der Waals surface area contributed by atoms with Crippen LogP contribution in [0.15, 0.2) is 16.6 Å². The lowest BCUT2D eigenvalue weighted by Gasteiger charge is -2.24. The van der Waals surface area contributed by atoms with Crippen LogP contribution in [0.1, 0.15) is 32.3 Å². The Kier molecular flexibility index (Phi) is 3.39. The highest BCUT2D eigenvalue weighted by Crippen LogP contribution is 2.49. The predicted molar refractivity (Wildman–Crippen MR) is 75.9 cm³/mol. The van der Waals surface area contributed by atoms with Gasteiger partial charge in [-0.15, -0.1) is 0 Å². The Labute approximate surface area is 112 Å². The Morgan fingerprint density at radius 2 is 2.06 bits per heavy atom. The Morgan fingerprint density at radius 1 is 1.41 bits per heavy atom. The lowest BCUT2D eigenvalue weighted by Crippen LogP contribution is -2.25. The average Bonchev–Trinajstić information content (AvgIpc) is 3.01. The van der Waals surface area contributed by atoms with Crippen LogP contribution in [-0.4, -0.2) is 13.2 Å². The van der Waals surface area contributed by atoms with Gasteiger partial charge in [0, 0.05) is 10.5 Å². The lowest BCUT2D eigenvalue weighted by molar-refractivity contribution is 0.413. The van der Waals surface area contributed by atoms with Crippen molar-refractivity contribution in [1.82, 2.24) is 0 Å². The molecule has 0 saturated heterocycles. The van der Waals surface area contributed by atoms with Gasteiger partial charge in [0.2, 0.25) is 0 Å². The van der Waals surface area contributed by atoms with E-state index in [1.54, 1.807) is 7.11 Å². The number of aryl methyl sites for hydroxylation is 1. The molecule has 1 unspecified atom stereocenters. The minimum atomic E-state index is 0.463. The molecule has 1 N–H and O–H groups in total. The summed E-state index contributed by atoms with van der Waals surface area (Å²) in [6.45, 7) is 6.71. The van der Waals surface area contributed by atoms with Gasteiger partial charge in [0.25, 0.3) is 0 Å². The Hall–Kier alpha value is -0.700. The molecule has 0 aromatic heterocycles. The molecule has 17 heavy (non-hydrogen) atoms. The van der Waals surface area contributed by atoms with Crippen LogP contribution in [0.4, 0.5) is 5.69 Å². The van der Waals surface area contributed by atoms with Crippen LogP contribution in [0, 0.1) is 12.3 Å². The molecule has 0 bridgehead atoms. The van der Waals surface area contributed by atoms with Crippen LogP contribution in [0.25, 0.3) is 0 Å². The summed E-state index contributed by atoms with van der Waals surface area (Å²) in [6.07, 6.45) is 2.64. The first-order chi connectivity index (χ1) is 7.96. The SMILES string of the molecule is COc1cc(Br)cc(C)c1NC(C)C1(C)CC1. The molecule has 0 amide bonds. The third kappa shape index (κ3) is 2.59. The van der Waals surface area contributed by atoms with Gasteiger partial charge in [-0.3, -0.25) is 0 Å². The average molecular weight is 298 g/mol. The molecule has 0 radical (unpaired) electrons.